The predicted molar refractivity (Wildman–Crippen MR) is 92.4 cm³/mol. The van der Waals surface area contributed by atoms with E-state index in [2.05, 4.69) is 33.9 Å². The van der Waals surface area contributed by atoms with Crippen molar-refractivity contribution in [1.82, 2.24) is 4.57 Å². The van der Waals surface area contributed by atoms with Gasteiger partial charge in [-0.05, 0) is 30.3 Å². The fourth-order valence-corrected chi connectivity index (χ4v) is 3.31. The number of fused-ring (bicyclic) bond motifs is 1. The second-order valence-electron chi connectivity index (χ2n) is 7.04. The molecule has 0 radical (unpaired) electrons. The van der Waals surface area contributed by atoms with Gasteiger partial charge in [-0.1, -0.05) is 32.4 Å². The summed E-state index contributed by atoms with van der Waals surface area (Å²) in [6, 6.07) is 5.67. The third-order valence-corrected chi connectivity index (χ3v) is 8.95. The third-order valence-electron chi connectivity index (χ3n) is 4.29. The van der Waals surface area contributed by atoms with Crippen LogP contribution in [0.1, 0.15) is 20.8 Å². The van der Waals surface area contributed by atoms with E-state index in [0.717, 1.165) is 16.7 Å². The van der Waals surface area contributed by atoms with Gasteiger partial charge < -0.3 is 14.1 Å². The van der Waals surface area contributed by atoms with Crippen LogP contribution >= 0.6 is 11.6 Å². The largest absolute Gasteiger partial charge is 0.543 e. The molecule has 0 amide bonds. The standard InChI is InChI=1S/C16H22ClNO3Si/c1-16(2,3)22(4,5)21-11-6-7-12-13(17)9-18(10-15(19)20)14(12)8-11/h6-9H,10H2,1-5H3,(H,19,20). The van der Waals surface area contributed by atoms with Gasteiger partial charge in [0.05, 0.1) is 10.5 Å². The third kappa shape index (κ3) is 3.30. The Morgan fingerprint density at radius 1 is 1.36 bits per heavy atom. The van der Waals surface area contributed by atoms with Crippen molar-refractivity contribution in [2.75, 3.05) is 0 Å². The number of carboxylic acid groups (broad SMARTS) is 1. The molecule has 2 aromatic rings. The summed E-state index contributed by atoms with van der Waals surface area (Å²) in [5.41, 5.74) is 0.781. The van der Waals surface area contributed by atoms with E-state index in [0.29, 0.717) is 5.02 Å². The van der Waals surface area contributed by atoms with Gasteiger partial charge in [-0.2, -0.15) is 0 Å². The first-order chi connectivity index (χ1) is 10.0. The highest BCUT2D eigenvalue weighted by Crippen LogP contribution is 2.38. The number of aromatic nitrogens is 1. The molecule has 0 atom stereocenters. The van der Waals surface area contributed by atoms with Gasteiger partial charge in [0.15, 0.2) is 0 Å². The Bertz CT molecular complexity index is 716. The number of carbonyl (C=O) groups is 1. The maximum Gasteiger partial charge on any atom is 0.323 e. The molecule has 1 aromatic heterocycles. The summed E-state index contributed by atoms with van der Waals surface area (Å²) >= 11 is 6.17. The molecule has 0 aliphatic heterocycles. The number of carboxylic acids is 1. The Hall–Kier alpha value is -1.46. The first-order valence-corrected chi connectivity index (χ1v) is 10.5. The highest BCUT2D eigenvalue weighted by molar-refractivity contribution is 6.74. The van der Waals surface area contributed by atoms with E-state index in [1.165, 1.54) is 0 Å². The highest BCUT2D eigenvalue weighted by Gasteiger charge is 2.39. The van der Waals surface area contributed by atoms with Crippen LogP contribution in [0.4, 0.5) is 0 Å². The summed E-state index contributed by atoms with van der Waals surface area (Å²) in [4.78, 5) is 11.0. The average molecular weight is 340 g/mol. The number of benzene rings is 1. The monoisotopic (exact) mass is 339 g/mol. The van der Waals surface area contributed by atoms with Crippen molar-refractivity contribution in [3.8, 4) is 5.75 Å². The Labute approximate surface area is 136 Å². The van der Waals surface area contributed by atoms with Crippen molar-refractivity contribution in [2.24, 2.45) is 0 Å². The van der Waals surface area contributed by atoms with E-state index in [1.54, 1.807) is 10.8 Å². The van der Waals surface area contributed by atoms with Crippen LogP contribution in [0.3, 0.4) is 0 Å². The van der Waals surface area contributed by atoms with Gasteiger partial charge in [-0.15, -0.1) is 0 Å². The zero-order valence-corrected chi connectivity index (χ0v) is 15.4. The molecule has 0 aliphatic rings. The van der Waals surface area contributed by atoms with E-state index in [1.807, 2.05) is 18.2 Å². The number of nitrogens with zero attached hydrogens (tertiary/aromatic N) is 1. The van der Waals surface area contributed by atoms with Gasteiger partial charge >= 0.3 is 5.97 Å². The van der Waals surface area contributed by atoms with Crippen LogP contribution < -0.4 is 4.43 Å². The van der Waals surface area contributed by atoms with Crippen LogP contribution in [0.25, 0.3) is 10.9 Å². The molecule has 0 aliphatic carbocycles. The normalized spacial score (nSPS) is 12.6. The second-order valence-corrected chi connectivity index (χ2v) is 12.2. The number of aliphatic carboxylic acids is 1. The molecule has 1 aromatic carbocycles. The van der Waals surface area contributed by atoms with Gasteiger partial charge in [-0.3, -0.25) is 4.79 Å². The molecule has 0 saturated carbocycles. The molecule has 0 bridgehead atoms. The molecule has 120 valence electrons. The smallest absolute Gasteiger partial charge is 0.323 e. The molecule has 1 heterocycles. The van der Waals surface area contributed by atoms with Crippen LogP contribution in [-0.4, -0.2) is 24.0 Å². The predicted octanol–water partition coefficient (Wildman–Crippen LogP) is 4.76. The fourth-order valence-electron chi connectivity index (χ4n) is 2.01. The quantitative estimate of drug-likeness (QED) is 0.817. The van der Waals surface area contributed by atoms with Crippen LogP contribution in [0.5, 0.6) is 5.75 Å². The Morgan fingerprint density at radius 2 is 2.00 bits per heavy atom. The molecule has 1 N–H and O–H groups in total. The SMILES string of the molecule is CC(C)(C)[Si](C)(C)Oc1ccc2c(Cl)cn(CC(=O)O)c2c1. The lowest BCUT2D eigenvalue weighted by Crippen LogP contribution is -2.43. The van der Waals surface area contributed by atoms with Gasteiger partial charge in [0.25, 0.3) is 0 Å². The van der Waals surface area contributed by atoms with E-state index >= 15 is 0 Å². The van der Waals surface area contributed by atoms with Crippen LogP contribution in [0, 0.1) is 0 Å². The summed E-state index contributed by atoms with van der Waals surface area (Å²) < 4.78 is 7.92. The minimum Gasteiger partial charge on any atom is -0.543 e. The summed E-state index contributed by atoms with van der Waals surface area (Å²) in [6.45, 7) is 10.8. The maximum atomic E-state index is 11.0. The zero-order valence-electron chi connectivity index (χ0n) is 13.6. The second kappa shape index (κ2) is 5.63. The van der Waals surface area contributed by atoms with Crippen molar-refractivity contribution in [1.29, 1.82) is 0 Å². The zero-order chi connectivity index (χ0) is 16.7. The highest BCUT2D eigenvalue weighted by atomic mass is 35.5. The van der Waals surface area contributed by atoms with Crippen LogP contribution in [0.2, 0.25) is 23.2 Å². The number of rotatable bonds is 4. The van der Waals surface area contributed by atoms with Gasteiger partial charge in [0.2, 0.25) is 8.32 Å². The molecule has 0 fully saturated rings. The first kappa shape index (κ1) is 16.9. The Kier molecular flexibility index (Phi) is 4.32. The average Bonchev–Trinajstić information content (AvgIpc) is 2.63. The van der Waals surface area contributed by atoms with Gasteiger partial charge in [0.1, 0.15) is 12.3 Å². The lowest BCUT2D eigenvalue weighted by Gasteiger charge is -2.36. The van der Waals surface area contributed by atoms with Crippen molar-refractivity contribution < 1.29 is 14.3 Å². The molecule has 6 heteroatoms. The summed E-state index contributed by atoms with van der Waals surface area (Å²) in [5, 5.41) is 10.5. The van der Waals surface area contributed by atoms with E-state index in [4.69, 9.17) is 21.1 Å². The minimum absolute atomic E-state index is 0.0999. The van der Waals surface area contributed by atoms with Gasteiger partial charge in [-0.25, -0.2) is 0 Å². The molecule has 2 rings (SSSR count). The summed E-state index contributed by atoms with van der Waals surface area (Å²) in [5.74, 6) is -0.134. The van der Waals surface area contributed by atoms with Crippen LogP contribution in [0.15, 0.2) is 24.4 Å². The minimum atomic E-state index is -1.93. The lowest BCUT2D eigenvalue weighted by atomic mass is 10.2. The first-order valence-electron chi connectivity index (χ1n) is 7.20. The maximum absolute atomic E-state index is 11.0. The van der Waals surface area contributed by atoms with E-state index < -0.39 is 14.3 Å². The van der Waals surface area contributed by atoms with Crippen molar-refractivity contribution in [3.63, 3.8) is 0 Å². The van der Waals surface area contributed by atoms with Crippen molar-refractivity contribution >= 4 is 36.8 Å². The number of halogens is 1. The molecular formula is C16H22ClNO3Si. The van der Waals surface area contributed by atoms with Crippen molar-refractivity contribution in [2.45, 2.75) is 45.4 Å². The summed E-state index contributed by atoms with van der Waals surface area (Å²) in [6.07, 6.45) is 1.65. The topological polar surface area (TPSA) is 51.5 Å². The van der Waals surface area contributed by atoms with Crippen molar-refractivity contribution in [3.05, 3.63) is 29.4 Å². The fraction of sp³-hybridized carbons (Fsp3) is 0.438. The molecule has 0 unspecified atom stereocenters. The number of hydrogen-bond donors (Lipinski definition) is 1. The Balaban J connectivity index is 2.43. The van der Waals surface area contributed by atoms with E-state index in [9.17, 15) is 4.79 Å². The molecule has 0 spiro atoms. The molecular weight excluding hydrogens is 318 g/mol. The van der Waals surface area contributed by atoms with Gasteiger partial charge in [0, 0.05) is 17.6 Å². The van der Waals surface area contributed by atoms with Crippen LogP contribution in [-0.2, 0) is 11.3 Å². The number of hydrogen-bond acceptors (Lipinski definition) is 2. The molecule has 4 nitrogen and oxygen atoms in total. The van der Waals surface area contributed by atoms with E-state index in [-0.39, 0.29) is 11.6 Å². The lowest BCUT2D eigenvalue weighted by molar-refractivity contribution is -0.137. The molecule has 22 heavy (non-hydrogen) atoms. The Morgan fingerprint density at radius 3 is 2.55 bits per heavy atom. The summed E-state index contributed by atoms with van der Waals surface area (Å²) in [7, 11) is -1.93. The molecule has 0 saturated heterocycles.